The fraction of sp³-hybridized carbons (Fsp3) is 0.133. The Morgan fingerprint density at radius 1 is 1.30 bits per heavy atom. The Hall–Kier alpha value is -3.29. The van der Waals surface area contributed by atoms with Crippen LogP contribution in [0.15, 0.2) is 36.5 Å². The third-order valence-electron chi connectivity index (χ3n) is 3.33. The average Bonchev–Trinajstić information content (AvgIpc) is 2.98. The van der Waals surface area contributed by atoms with Crippen LogP contribution in [-0.2, 0) is 0 Å². The van der Waals surface area contributed by atoms with Gasteiger partial charge in [0.05, 0.1) is 24.7 Å². The van der Waals surface area contributed by atoms with Crippen LogP contribution < -0.4 is 15.4 Å². The number of hydrogen-bond acceptors (Lipinski definition) is 6. The van der Waals surface area contributed by atoms with Crippen LogP contribution in [0.3, 0.4) is 0 Å². The summed E-state index contributed by atoms with van der Waals surface area (Å²) in [7, 11) is 3.31. The standard InChI is InChI=1S/C15H15N5O3/c1-16-10-7-13(18-9-5-3-4-6-12(9)23-2)19-20-11(15(21)22)8-17-14(10)20/h3-8,16H,1-2H3,(H,18,19)(H,21,22). The zero-order chi connectivity index (χ0) is 16.4. The van der Waals surface area contributed by atoms with E-state index in [0.29, 0.717) is 22.9 Å². The van der Waals surface area contributed by atoms with Crippen LogP contribution in [0, 0.1) is 0 Å². The van der Waals surface area contributed by atoms with E-state index in [-0.39, 0.29) is 5.69 Å². The molecule has 0 saturated heterocycles. The van der Waals surface area contributed by atoms with E-state index in [9.17, 15) is 9.90 Å². The molecule has 0 bridgehead atoms. The maximum atomic E-state index is 11.3. The molecule has 0 spiro atoms. The van der Waals surface area contributed by atoms with Crippen LogP contribution in [0.2, 0.25) is 0 Å². The minimum Gasteiger partial charge on any atom is -0.495 e. The van der Waals surface area contributed by atoms with Crippen LogP contribution in [0.1, 0.15) is 10.5 Å². The second-order valence-electron chi connectivity index (χ2n) is 4.70. The molecular weight excluding hydrogens is 298 g/mol. The van der Waals surface area contributed by atoms with Gasteiger partial charge >= 0.3 is 5.97 Å². The Balaban J connectivity index is 2.10. The van der Waals surface area contributed by atoms with Crippen molar-refractivity contribution >= 4 is 28.8 Å². The topological polar surface area (TPSA) is 101 Å². The highest BCUT2D eigenvalue weighted by molar-refractivity contribution is 5.88. The van der Waals surface area contributed by atoms with Crippen LogP contribution >= 0.6 is 0 Å². The predicted octanol–water partition coefficient (Wildman–Crippen LogP) is 2.22. The van der Waals surface area contributed by atoms with E-state index in [1.807, 2.05) is 24.3 Å². The number of aromatic nitrogens is 3. The fourth-order valence-corrected chi connectivity index (χ4v) is 2.25. The summed E-state index contributed by atoms with van der Waals surface area (Å²) in [6.45, 7) is 0. The van der Waals surface area contributed by atoms with Gasteiger partial charge in [-0.2, -0.15) is 0 Å². The maximum absolute atomic E-state index is 11.3. The summed E-state index contributed by atoms with van der Waals surface area (Å²) < 4.78 is 6.57. The molecule has 0 amide bonds. The van der Waals surface area contributed by atoms with E-state index in [4.69, 9.17) is 4.74 Å². The van der Waals surface area contributed by atoms with E-state index in [1.54, 1.807) is 20.2 Å². The lowest BCUT2D eigenvalue weighted by atomic mass is 10.3. The number of methoxy groups -OCH3 is 1. The summed E-state index contributed by atoms with van der Waals surface area (Å²) in [4.78, 5) is 15.4. The number of rotatable bonds is 5. The van der Waals surface area contributed by atoms with E-state index in [2.05, 4.69) is 20.7 Å². The van der Waals surface area contributed by atoms with Gasteiger partial charge in [-0.15, -0.1) is 5.10 Å². The number of benzene rings is 1. The van der Waals surface area contributed by atoms with Crippen molar-refractivity contribution in [3.63, 3.8) is 0 Å². The van der Waals surface area contributed by atoms with Crippen LogP contribution in [-0.4, -0.2) is 39.8 Å². The van der Waals surface area contributed by atoms with Gasteiger partial charge in [0.2, 0.25) is 0 Å². The molecule has 0 atom stereocenters. The molecule has 8 nitrogen and oxygen atoms in total. The summed E-state index contributed by atoms with van der Waals surface area (Å²) >= 11 is 0. The Labute approximate surface area is 131 Å². The fourth-order valence-electron chi connectivity index (χ4n) is 2.25. The minimum atomic E-state index is -1.10. The van der Waals surface area contributed by atoms with Gasteiger partial charge < -0.3 is 20.5 Å². The minimum absolute atomic E-state index is 0.0137. The Morgan fingerprint density at radius 2 is 2.09 bits per heavy atom. The number of carbonyl (C=O) groups is 1. The quantitative estimate of drug-likeness (QED) is 0.664. The molecule has 3 aromatic rings. The first kappa shape index (κ1) is 14.6. The lowest BCUT2D eigenvalue weighted by Crippen LogP contribution is -2.08. The molecule has 8 heteroatoms. The van der Waals surface area contributed by atoms with Gasteiger partial charge in [-0.1, -0.05) is 12.1 Å². The number of fused-ring (bicyclic) bond motifs is 1. The van der Waals surface area contributed by atoms with Crippen LogP contribution in [0.4, 0.5) is 17.2 Å². The summed E-state index contributed by atoms with van der Waals surface area (Å²) in [6.07, 6.45) is 1.28. The molecule has 0 aliphatic carbocycles. The lowest BCUT2D eigenvalue weighted by Gasteiger charge is -2.12. The van der Waals surface area contributed by atoms with Crippen molar-refractivity contribution < 1.29 is 14.6 Å². The second-order valence-corrected chi connectivity index (χ2v) is 4.70. The van der Waals surface area contributed by atoms with Crippen molar-refractivity contribution in [3.05, 3.63) is 42.2 Å². The van der Waals surface area contributed by atoms with E-state index >= 15 is 0 Å². The molecule has 118 valence electrons. The van der Waals surface area contributed by atoms with Gasteiger partial charge in [0.1, 0.15) is 5.75 Å². The highest BCUT2D eigenvalue weighted by Crippen LogP contribution is 2.28. The highest BCUT2D eigenvalue weighted by Gasteiger charge is 2.16. The first-order valence-electron chi connectivity index (χ1n) is 6.84. The molecule has 2 aromatic heterocycles. The predicted molar refractivity (Wildman–Crippen MR) is 85.8 cm³/mol. The Morgan fingerprint density at radius 3 is 2.78 bits per heavy atom. The van der Waals surface area contributed by atoms with Crippen molar-refractivity contribution in [1.82, 2.24) is 14.6 Å². The van der Waals surface area contributed by atoms with Crippen molar-refractivity contribution in [1.29, 1.82) is 0 Å². The van der Waals surface area contributed by atoms with Crippen molar-refractivity contribution in [3.8, 4) is 5.75 Å². The number of anilines is 3. The summed E-state index contributed by atoms with van der Waals surface area (Å²) in [5.74, 6) is 0.0258. The van der Waals surface area contributed by atoms with Gasteiger partial charge in [0.25, 0.3) is 0 Å². The second kappa shape index (κ2) is 5.84. The Kier molecular flexibility index (Phi) is 3.71. The molecule has 0 saturated carbocycles. The molecule has 0 unspecified atom stereocenters. The largest absolute Gasteiger partial charge is 0.495 e. The molecule has 1 aromatic carbocycles. The zero-order valence-corrected chi connectivity index (χ0v) is 12.6. The monoisotopic (exact) mass is 313 g/mol. The van der Waals surface area contributed by atoms with Gasteiger partial charge in [-0.05, 0) is 12.1 Å². The molecule has 0 fully saturated rings. The molecule has 0 aliphatic heterocycles. The normalized spacial score (nSPS) is 10.5. The average molecular weight is 313 g/mol. The van der Waals surface area contributed by atoms with E-state index < -0.39 is 5.97 Å². The summed E-state index contributed by atoms with van der Waals surface area (Å²) in [5, 5.41) is 19.7. The molecule has 0 aliphatic rings. The van der Waals surface area contributed by atoms with Gasteiger partial charge in [0, 0.05) is 13.1 Å². The van der Waals surface area contributed by atoms with Crippen LogP contribution in [0.5, 0.6) is 5.75 Å². The maximum Gasteiger partial charge on any atom is 0.356 e. The Bertz CT molecular complexity index is 875. The van der Waals surface area contributed by atoms with E-state index in [0.717, 1.165) is 5.69 Å². The number of carboxylic acids is 1. The molecule has 2 heterocycles. The first-order valence-corrected chi connectivity index (χ1v) is 6.84. The number of para-hydroxylation sites is 2. The first-order chi connectivity index (χ1) is 11.1. The number of nitrogens with one attached hydrogen (secondary N) is 2. The molecule has 0 radical (unpaired) electrons. The van der Waals surface area contributed by atoms with E-state index in [1.165, 1.54) is 10.7 Å². The number of hydrogen-bond donors (Lipinski definition) is 3. The van der Waals surface area contributed by atoms with Crippen LogP contribution in [0.25, 0.3) is 5.65 Å². The number of carboxylic acid groups (broad SMARTS) is 1. The summed E-state index contributed by atoms with van der Waals surface area (Å²) in [6, 6.07) is 9.14. The third kappa shape index (κ3) is 2.61. The number of nitrogens with zero attached hydrogens (tertiary/aromatic N) is 3. The van der Waals surface area contributed by atoms with Gasteiger partial charge in [0.15, 0.2) is 17.2 Å². The third-order valence-corrected chi connectivity index (χ3v) is 3.33. The van der Waals surface area contributed by atoms with Crippen molar-refractivity contribution in [2.75, 3.05) is 24.8 Å². The van der Waals surface area contributed by atoms with Crippen molar-refractivity contribution in [2.45, 2.75) is 0 Å². The molecule has 23 heavy (non-hydrogen) atoms. The molecular formula is C15H15N5O3. The summed E-state index contributed by atoms with van der Waals surface area (Å²) in [5.41, 5.74) is 1.81. The lowest BCUT2D eigenvalue weighted by molar-refractivity contribution is 0.0688. The smallest absolute Gasteiger partial charge is 0.356 e. The zero-order valence-electron chi connectivity index (χ0n) is 12.6. The number of imidazole rings is 1. The highest BCUT2D eigenvalue weighted by atomic mass is 16.5. The number of ether oxygens (including phenoxy) is 1. The molecule has 3 N–H and O–H groups in total. The van der Waals surface area contributed by atoms with Gasteiger partial charge in [-0.25, -0.2) is 14.3 Å². The SMILES string of the molecule is CNc1cc(Nc2ccccc2OC)nn2c(C(=O)O)cnc12. The number of aromatic carboxylic acids is 1. The molecule has 3 rings (SSSR count). The van der Waals surface area contributed by atoms with Gasteiger partial charge in [-0.3, -0.25) is 0 Å². The van der Waals surface area contributed by atoms with Crippen molar-refractivity contribution in [2.24, 2.45) is 0 Å².